The van der Waals surface area contributed by atoms with Crippen molar-refractivity contribution in [1.29, 1.82) is 0 Å². The Bertz CT molecular complexity index is 596. The number of ether oxygens (including phenoxy) is 1. The van der Waals surface area contributed by atoms with Gasteiger partial charge in [-0.15, -0.1) is 0 Å². The number of halogens is 1. The number of quaternary nitrogens is 1. The van der Waals surface area contributed by atoms with E-state index in [1.54, 1.807) is 30.3 Å². The second-order valence-corrected chi connectivity index (χ2v) is 6.10. The number of hydrogen-bond donors (Lipinski definition) is 3. The van der Waals surface area contributed by atoms with E-state index in [0.29, 0.717) is 11.6 Å². The van der Waals surface area contributed by atoms with E-state index in [1.807, 2.05) is 0 Å². The van der Waals surface area contributed by atoms with Crippen molar-refractivity contribution in [3.8, 4) is 0 Å². The molecule has 0 atom stereocenters. The Morgan fingerprint density at radius 1 is 1.25 bits per heavy atom. The van der Waals surface area contributed by atoms with Crippen molar-refractivity contribution in [2.24, 2.45) is 0 Å². The van der Waals surface area contributed by atoms with Crippen LogP contribution >= 0.6 is 11.6 Å². The van der Waals surface area contributed by atoms with Crippen LogP contribution in [-0.2, 0) is 14.3 Å². The van der Waals surface area contributed by atoms with Crippen LogP contribution < -0.4 is 15.5 Å². The molecule has 1 aliphatic heterocycles. The summed E-state index contributed by atoms with van der Waals surface area (Å²) in [6, 6.07) is 7.04. The number of rotatable bonds is 6. The summed E-state index contributed by atoms with van der Waals surface area (Å²) in [5.74, 6) is -0.586. The van der Waals surface area contributed by atoms with E-state index in [2.05, 4.69) is 10.6 Å². The molecule has 2 amide bonds. The SMILES string of the molecule is CC(=O)N/C(=C/c1ccc(Cl)cc1)C(=O)NCC[NH+]1CCOCC1. The van der Waals surface area contributed by atoms with E-state index in [9.17, 15) is 9.59 Å². The molecule has 0 radical (unpaired) electrons. The van der Waals surface area contributed by atoms with Gasteiger partial charge in [-0.3, -0.25) is 9.59 Å². The van der Waals surface area contributed by atoms with Gasteiger partial charge in [0, 0.05) is 11.9 Å². The van der Waals surface area contributed by atoms with Gasteiger partial charge in [0.1, 0.15) is 18.8 Å². The molecule has 1 aromatic rings. The van der Waals surface area contributed by atoms with Crippen molar-refractivity contribution in [2.45, 2.75) is 6.92 Å². The normalized spacial score (nSPS) is 15.8. The zero-order chi connectivity index (χ0) is 17.4. The maximum atomic E-state index is 12.3. The molecule has 7 heteroatoms. The molecule has 1 fully saturated rings. The fraction of sp³-hybridized carbons (Fsp3) is 0.412. The molecule has 0 aliphatic carbocycles. The molecule has 0 aromatic heterocycles. The van der Waals surface area contributed by atoms with Crippen molar-refractivity contribution in [2.75, 3.05) is 39.4 Å². The van der Waals surface area contributed by atoms with Crippen LogP contribution in [0.1, 0.15) is 12.5 Å². The minimum Gasteiger partial charge on any atom is -0.370 e. The van der Waals surface area contributed by atoms with Gasteiger partial charge >= 0.3 is 0 Å². The molecule has 1 aliphatic rings. The van der Waals surface area contributed by atoms with Crippen LogP contribution in [0.4, 0.5) is 0 Å². The highest BCUT2D eigenvalue weighted by atomic mass is 35.5. The Balaban J connectivity index is 1.94. The molecule has 0 bridgehead atoms. The molecule has 24 heavy (non-hydrogen) atoms. The summed E-state index contributed by atoms with van der Waals surface area (Å²) < 4.78 is 5.31. The molecule has 1 heterocycles. The molecule has 6 nitrogen and oxygen atoms in total. The Kier molecular flexibility index (Phi) is 7.24. The van der Waals surface area contributed by atoms with Crippen molar-refractivity contribution in [3.05, 3.63) is 40.5 Å². The first-order valence-electron chi connectivity index (χ1n) is 7.99. The van der Waals surface area contributed by atoms with Crippen molar-refractivity contribution >= 4 is 29.5 Å². The van der Waals surface area contributed by atoms with Gasteiger partial charge in [-0.25, -0.2) is 0 Å². The number of carbonyl (C=O) groups excluding carboxylic acids is 2. The monoisotopic (exact) mass is 352 g/mol. The molecule has 3 N–H and O–H groups in total. The van der Waals surface area contributed by atoms with Gasteiger partial charge in [0.2, 0.25) is 5.91 Å². The first-order valence-corrected chi connectivity index (χ1v) is 8.37. The lowest BCUT2D eigenvalue weighted by atomic mass is 10.2. The highest BCUT2D eigenvalue weighted by Gasteiger charge is 2.15. The molecular weight excluding hydrogens is 330 g/mol. The Hall–Kier alpha value is -1.89. The Labute approximate surface area is 146 Å². The van der Waals surface area contributed by atoms with Crippen LogP contribution in [0, 0.1) is 0 Å². The molecular formula is C17H23ClN3O3+. The van der Waals surface area contributed by atoms with Crippen LogP contribution in [0.2, 0.25) is 5.02 Å². The summed E-state index contributed by atoms with van der Waals surface area (Å²) in [5.41, 5.74) is 1.01. The fourth-order valence-corrected chi connectivity index (χ4v) is 2.56. The number of nitrogens with one attached hydrogen (secondary N) is 3. The third kappa shape index (κ3) is 6.31. The molecule has 0 unspecified atom stereocenters. The summed E-state index contributed by atoms with van der Waals surface area (Å²) in [5, 5.41) is 6.06. The van der Waals surface area contributed by atoms with Gasteiger partial charge in [-0.2, -0.15) is 0 Å². The van der Waals surface area contributed by atoms with E-state index < -0.39 is 0 Å². The quantitative estimate of drug-likeness (QED) is 0.623. The Morgan fingerprint density at radius 2 is 1.92 bits per heavy atom. The number of amides is 2. The van der Waals surface area contributed by atoms with Gasteiger partial charge in [0.25, 0.3) is 5.91 Å². The summed E-state index contributed by atoms with van der Waals surface area (Å²) in [4.78, 5) is 25.1. The van der Waals surface area contributed by atoms with E-state index >= 15 is 0 Å². The summed E-state index contributed by atoms with van der Waals surface area (Å²) in [7, 11) is 0. The number of hydrogen-bond acceptors (Lipinski definition) is 3. The smallest absolute Gasteiger partial charge is 0.268 e. The average Bonchev–Trinajstić information content (AvgIpc) is 2.57. The van der Waals surface area contributed by atoms with Crippen LogP contribution in [0.5, 0.6) is 0 Å². The van der Waals surface area contributed by atoms with E-state index in [0.717, 1.165) is 38.4 Å². The second kappa shape index (κ2) is 9.42. The average molecular weight is 353 g/mol. The zero-order valence-corrected chi connectivity index (χ0v) is 14.5. The fourth-order valence-electron chi connectivity index (χ4n) is 2.43. The molecule has 1 saturated heterocycles. The highest BCUT2D eigenvalue weighted by Crippen LogP contribution is 2.12. The lowest BCUT2D eigenvalue weighted by Crippen LogP contribution is -3.14. The second-order valence-electron chi connectivity index (χ2n) is 5.66. The third-order valence-electron chi connectivity index (χ3n) is 3.70. The van der Waals surface area contributed by atoms with Gasteiger partial charge < -0.3 is 20.3 Å². The third-order valence-corrected chi connectivity index (χ3v) is 3.95. The van der Waals surface area contributed by atoms with Gasteiger partial charge in [0.15, 0.2) is 0 Å². The van der Waals surface area contributed by atoms with Crippen molar-refractivity contribution in [1.82, 2.24) is 10.6 Å². The summed E-state index contributed by atoms with van der Waals surface area (Å²) >= 11 is 5.86. The minimum atomic E-state index is -0.298. The number of carbonyl (C=O) groups is 2. The molecule has 1 aromatic carbocycles. The molecule has 2 rings (SSSR count). The van der Waals surface area contributed by atoms with E-state index in [1.165, 1.54) is 11.8 Å². The predicted molar refractivity (Wildman–Crippen MR) is 92.6 cm³/mol. The topological polar surface area (TPSA) is 71.9 Å². The summed E-state index contributed by atoms with van der Waals surface area (Å²) in [6.07, 6.45) is 1.63. The van der Waals surface area contributed by atoms with Gasteiger partial charge in [-0.1, -0.05) is 23.7 Å². The predicted octanol–water partition coefficient (Wildman–Crippen LogP) is -0.152. The standard InChI is InChI=1S/C17H22ClN3O3/c1-13(22)20-16(12-14-2-4-15(18)5-3-14)17(23)19-6-7-21-8-10-24-11-9-21/h2-5,12H,6-11H2,1H3,(H,19,23)(H,20,22)/p+1/b16-12+. The molecule has 130 valence electrons. The molecule has 0 saturated carbocycles. The van der Waals surface area contributed by atoms with E-state index in [4.69, 9.17) is 16.3 Å². The lowest BCUT2D eigenvalue weighted by molar-refractivity contribution is -0.906. The number of benzene rings is 1. The lowest BCUT2D eigenvalue weighted by Gasteiger charge is -2.23. The highest BCUT2D eigenvalue weighted by molar-refractivity contribution is 6.30. The maximum Gasteiger partial charge on any atom is 0.268 e. The van der Waals surface area contributed by atoms with Crippen molar-refractivity contribution < 1.29 is 19.2 Å². The Morgan fingerprint density at radius 3 is 2.54 bits per heavy atom. The van der Waals surface area contributed by atoms with Gasteiger partial charge in [-0.05, 0) is 23.8 Å². The van der Waals surface area contributed by atoms with Gasteiger partial charge in [0.05, 0.1) is 26.3 Å². The molecule has 0 spiro atoms. The number of morpholine rings is 1. The minimum absolute atomic E-state index is 0.224. The summed E-state index contributed by atoms with van der Waals surface area (Å²) in [6.45, 7) is 6.19. The first kappa shape index (κ1) is 18.4. The van der Waals surface area contributed by atoms with Crippen LogP contribution in [0.25, 0.3) is 6.08 Å². The van der Waals surface area contributed by atoms with Crippen LogP contribution in [0.3, 0.4) is 0 Å². The van der Waals surface area contributed by atoms with Crippen LogP contribution in [-0.4, -0.2) is 51.2 Å². The first-order chi connectivity index (χ1) is 11.5. The maximum absolute atomic E-state index is 12.3. The van der Waals surface area contributed by atoms with Crippen LogP contribution in [0.15, 0.2) is 30.0 Å². The zero-order valence-electron chi connectivity index (χ0n) is 13.7. The van der Waals surface area contributed by atoms with Crippen molar-refractivity contribution in [3.63, 3.8) is 0 Å². The van der Waals surface area contributed by atoms with E-state index in [-0.39, 0.29) is 17.5 Å². The largest absolute Gasteiger partial charge is 0.370 e.